The Kier molecular flexibility index (Phi) is 5.97. The Bertz CT molecular complexity index is 593. The number of aromatic amines is 1. The van der Waals surface area contributed by atoms with Crippen molar-refractivity contribution < 1.29 is 9.53 Å². The van der Waals surface area contributed by atoms with Crippen molar-refractivity contribution in [3.8, 4) is 0 Å². The molecule has 0 radical (unpaired) electrons. The molecule has 0 spiro atoms. The Balaban J connectivity index is 2.42. The Morgan fingerprint density at radius 2 is 2.04 bits per heavy atom. The number of carbonyl (C=O) groups excluding carboxylic acids is 1. The molecule has 0 aliphatic carbocycles. The van der Waals surface area contributed by atoms with E-state index in [1.54, 1.807) is 12.4 Å². The molecular weight excluding hydrogens is 288 g/mol. The average molecular weight is 314 g/mol. The fourth-order valence-corrected chi connectivity index (χ4v) is 2.84. The lowest BCUT2D eigenvalue weighted by Crippen LogP contribution is -2.41. The number of H-pyrrole nitrogens is 1. The average Bonchev–Trinajstić information content (AvgIpc) is 3.07. The van der Waals surface area contributed by atoms with Crippen LogP contribution in [0.1, 0.15) is 45.0 Å². The number of imidazole rings is 1. The monoisotopic (exact) mass is 314 g/mol. The molecule has 0 saturated heterocycles. The number of carbonyl (C=O) groups is 1. The highest BCUT2D eigenvalue weighted by atomic mass is 16.5. The van der Waals surface area contributed by atoms with Gasteiger partial charge in [-0.15, -0.1) is 0 Å². The van der Waals surface area contributed by atoms with Gasteiger partial charge in [0.05, 0.1) is 6.61 Å². The van der Waals surface area contributed by atoms with Crippen molar-refractivity contribution in [1.29, 1.82) is 0 Å². The minimum atomic E-state index is -0.759. The highest BCUT2D eigenvalue weighted by molar-refractivity contribution is 5.82. The first-order chi connectivity index (χ1) is 11.1. The van der Waals surface area contributed by atoms with Gasteiger partial charge in [-0.3, -0.25) is 4.79 Å². The van der Waals surface area contributed by atoms with Crippen molar-refractivity contribution in [3.63, 3.8) is 0 Å². The zero-order chi connectivity index (χ0) is 16.7. The van der Waals surface area contributed by atoms with Gasteiger partial charge in [0, 0.05) is 12.4 Å². The van der Waals surface area contributed by atoms with Crippen molar-refractivity contribution in [2.75, 3.05) is 6.61 Å². The molecule has 0 saturated carbocycles. The van der Waals surface area contributed by atoms with Crippen LogP contribution in [0.2, 0.25) is 0 Å². The van der Waals surface area contributed by atoms with E-state index in [4.69, 9.17) is 4.74 Å². The normalized spacial score (nSPS) is 13.7. The summed E-state index contributed by atoms with van der Waals surface area (Å²) in [5.41, 5.74) is 0.353. The first-order valence-corrected chi connectivity index (χ1v) is 8.29. The number of ether oxygens (including phenoxy) is 1. The third-order valence-electron chi connectivity index (χ3n) is 4.11. The number of rotatable bonds is 8. The second-order valence-corrected chi connectivity index (χ2v) is 6.34. The topological polar surface area (TPSA) is 55.0 Å². The van der Waals surface area contributed by atoms with Crippen molar-refractivity contribution >= 4 is 5.97 Å². The van der Waals surface area contributed by atoms with Gasteiger partial charge in [-0.25, -0.2) is 4.98 Å². The van der Waals surface area contributed by atoms with Crippen molar-refractivity contribution in [2.24, 2.45) is 5.92 Å². The second kappa shape index (κ2) is 7.95. The van der Waals surface area contributed by atoms with Gasteiger partial charge < -0.3 is 9.72 Å². The van der Waals surface area contributed by atoms with Gasteiger partial charge in [0.2, 0.25) is 0 Å². The molecule has 0 aliphatic rings. The third kappa shape index (κ3) is 4.21. The fourth-order valence-electron chi connectivity index (χ4n) is 2.84. The van der Waals surface area contributed by atoms with Crippen LogP contribution < -0.4 is 0 Å². The smallest absolute Gasteiger partial charge is 0.320 e. The highest BCUT2D eigenvalue weighted by Crippen LogP contribution is 2.34. The summed E-state index contributed by atoms with van der Waals surface area (Å²) in [6, 6.07) is 10.1. The molecule has 1 atom stereocenters. The molecular formula is C19H26N2O2. The van der Waals surface area contributed by atoms with Gasteiger partial charge in [0.25, 0.3) is 0 Å². The van der Waals surface area contributed by atoms with E-state index < -0.39 is 5.41 Å². The summed E-state index contributed by atoms with van der Waals surface area (Å²) in [4.78, 5) is 20.5. The molecule has 1 aromatic carbocycles. The van der Waals surface area contributed by atoms with Gasteiger partial charge >= 0.3 is 5.97 Å². The van der Waals surface area contributed by atoms with E-state index in [-0.39, 0.29) is 5.97 Å². The summed E-state index contributed by atoms with van der Waals surface area (Å²) < 4.78 is 5.44. The number of esters is 1. The lowest BCUT2D eigenvalue weighted by Gasteiger charge is -2.30. The molecule has 1 heterocycles. The molecule has 2 aromatic rings. The molecule has 0 fully saturated rings. The molecule has 4 nitrogen and oxygen atoms in total. The van der Waals surface area contributed by atoms with Gasteiger partial charge in [0.1, 0.15) is 11.2 Å². The minimum Gasteiger partial charge on any atom is -0.465 e. The zero-order valence-corrected chi connectivity index (χ0v) is 14.2. The van der Waals surface area contributed by atoms with Crippen LogP contribution in [-0.2, 0) is 21.4 Å². The lowest BCUT2D eigenvalue weighted by atomic mass is 9.75. The Hall–Kier alpha value is -2.10. The van der Waals surface area contributed by atoms with Crippen LogP contribution in [0.5, 0.6) is 0 Å². The third-order valence-corrected chi connectivity index (χ3v) is 4.11. The standard InChI is InChI=1S/C19H26N2O2/c1-4-23-18(22)19(11-10-15(2)3,17-20-12-13-21-17)14-16-8-6-5-7-9-16/h5-9,12-13,15H,4,10-11,14H2,1-3H3,(H,20,21). The summed E-state index contributed by atoms with van der Waals surface area (Å²) >= 11 is 0. The summed E-state index contributed by atoms with van der Waals surface area (Å²) in [6.45, 7) is 6.55. The first kappa shape index (κ1) is 17.3. The van der Waals surface area contributed by atoms with Gasteiger partial charge in [0.15, 0.2) is 0 Å². The van der Waals surface area contributed by atoms with E-state index in [0.29, 0.717) is 31.2 Å². The number of nitrogens with zero attached hydrogens (tertiary/aromatic N) is 1. The zero-order valence-electron chi connectivity index (χ0n) is 14.2. The fraction of sp³-hybridized carbons (Fsp3) is 0.474. The molecule has 4 heteroatoms. The maximum atomic E-state index is 12.9. The van der Waals surface area contributed by atoms with E-state index >= 15 is 0 Å². The number of aromatic nitrogens is 2. The van der Waals surface area contributed by atoms with E-state index in [9.17, 15) is 4.79 Å². The van der Waals surface area contributed by atoms with E-state index in [2.05, 4.69) is 23.8 Å². The van der Waals surface area contributed by atoms with Crippen molar-refractivity contribution in [1.82, 2.24) is 9.97 Å². The maximum Gasteiger partial charge on any atom is 0.320 e. The van der Waals surface area contributed by atoms with Crippen molar-refractivity contribution in [2.45, 2.75) is 45.4 Å². The lowest BCUT2D eigenvalue weighted by molar-refractivity contribution is -0.151. The van der Waals surface area contributed by atoms with Gasteiger partial charge in [-0.05, 0) is 37.7 Å². The second-order valence-electron chi connectivity index (χ2n) is 6.34. The van der Waals surface area contributed by atoms with Gasteiger partial charge in [-0.1, -0.05) is 44.2 Å². The highest BCUT2D eigenvalue weighted by Gasteiger charge is 2.44. The predicted molar refractivity (Wildman–Crippen MR) is 91.1 cm³/mol. The van der Waals surface area contributed by atoms with E-state index in [0.717, 1.165) is 12.0 Å². The largest absolute Gasteiger partial charge is 0.465 e. The van der Waals surface area contributed by atoms with Crippen LogP contribution in [0.25, 0.3) is 0 Å². The predicted octanol–water partition coefficient (Wildman–Crippen LogP) is 3.89. The molecule has 124 valence electrons. The SMILES string of the molecule is CCOC(=O)C(CCC(C)C)(Cc1ccccc1)c1ncc[nH]1. The quantitative estimate of drug-likeness (QED) is 0.752. The maximum absolute atomic E-state index is 12.9. The minimum absolute atomic E-state index is 0.195. The molecule has 0 aliphatic heterocycles. The number of hydrogen-bond acceptors (Lipinski definition) is 3. The number of benzene rings is 1. The Labute approximate surface area is 138 Å². The molecule has 1 N–H and O–H groups in total. The summed E-state index contributed by atoms with van der Waals surface area (Å²) in [6.07, 6.45) is 5.71. The van der Waals surface area contributed by atoms with E-state index in [1.165, 1.54) is 0 Å². The number of hydrogen-bond donors (Lipinski definition) is 1. The van der Waals surface area contributed by atoms with Crippen LogP contribution in [0.3, 0.4) is 0 Å². The van der Waals surface area contributed by atoms with Crippen LogP contribution >= 0.6 is 0 Å². The van der Waals surface area contributed by atoms with Crippen LogP contribution in [-0.4, -0.2) is 22.5 Å². The summed E-state index contributed by atoms with van der Waals surface area (Å²) in [7, 11) is 0. The van der Waals surface area contributed by atoms with E-state index in [1.807, 2.05) is 37.3 Å². The van der Waals surface area contributed by atoms with Crippen LogP contribution in [0, 0.1) is 5.92 Å². The molecule has 1 unspecified atom stereocenters. The molecule has 0 bridgehead atoms. The van der Waals surface area contributed by atoms with Crippen LogP contribution in [0.4, 0.5) is 0 Å². The molecule has 2 rings (SSSR count). The number of nitrogens with one attached hydrogen (secondary N) is 1. The molecule has 0 amide bonds. The summed E-state index contributed by atoms with van der Waals surface area (Å²) in [5, 5.41) is 0. The van der Waals surface area contributed by atoms with Crippen LogP contribution in [0.15, 0.2) is 42.7 Å². The molecule has 1 aromatic heterocycles. The first-order valence-electron chi connectivity index (χ1n) is 8.29. The summed E-state index contributed by atoms with van der Waals surface area (Å²) in [5.74, 6) is 1.01. The van der Waals surface area contributed by atoms with Gasteiger partial charge in [-0.2, -0.15) is 0 Å². The van der Waals surface area contributed by atoms with Crippen molar-refractivity contribution in [3.05, 3.63) is 54.1 Å². The molecule has 23 heavy (non-hydrogen) atoms. The Morgan fingerprint density at radius 1 is 1.30 bits per heavy atom. The Morgan fingerprint density at radius 3 is 2.61 bits per heavy atom.